The summed E-state index contributed by atoms with van der Waals surface area (Å²) < 4.78 is 0. The highest BCUT2D eigenvalue weighted by molar-refractivity contribution is 4.95. The van der Waals surface area contributed by atoms with Gasteiger partial charge in [-0.2, -0.15) is 0 Å². The topological polar surface area (TPSA) is 38.7 Å². The van der Waals surface area contributed by atoms with Gasteiger partial charge in [0, 0.05) is 12.8 Å². The molecule has 3 nitrogen and oxygen atoms in total. The number of rotatable bonds is 2. The number of aromatic nitrogens is 3. The molecule has 0 spiro atoms. The minimum Gasteiger partial charge on any atom is -0.218 e. The second-order valence-electron chi connectivity index (χ2n) is 2.42. The average Bonchev–Trinajstić information content (AvgIpc) is 2.20. The molecule has 0 aliphatic carbocycles. The quantitative estimate of drug-likeness (QED) is 0.703. The predicted molar refractivity (Wildman–Crippen MR) is 54.7 cm³/mol. The second kappa shape index (κ2) is 6.52. The molecule has 1 aromatic rings. The van der Waals surface area contributed by atoms with Gasteiger partial charge in [-0.05, 0) is 6.92 Å². The summed E-state index contributed by atoms with van der Waals surface area (Å²) in [4.78, 5) is 12.6. The Morgan fingerprint density at radius 3 is 1.54 bits per heavy atom. The van der Waals surface area contributed by atoms with E-state index < -0.39 is 0 Å². The van der Waals surface area contributed by atoms with Crippen molar-refractivity contribution in [2.45, 2.75) is 47.5 Å². The van der Waals surface area contributed by atoms with Crippen molar-refractivity contribution in [1.82, 2.24) is 15.0 Å². The Hall–Kier alpha value is -0.990. The van der Waals surface area contributed by atoms with Gasteiger partial charge in [-0.1, -0.05) is 27.7 Å². The van der Waals surface area contributed by atoms with Gasteiger partial charge in [0.1, 0.15) is 17.5 Å². The van der Waals surface area contributed by atoms with Gasteiger partial charge >= 0.3 is 0 Å². The van der Waals surface area contributed by atoms with E-state index in [4.69, 9.17) is 0 Å². The number of nitrogens with zero attached hydrogens (tertiary/aromatic N) is 3. The third kappa shape index (κ3) is 3.97. The molecule has 3 heteroatoms. The third-order valence-electron chi connectivity index (χ3n) is 1.47. The molecule has 0 unspecified atom stereocenters. The van der Waals surface area contributed by atoms with Crippen LogP contribution in [0.5, 0.6) is 0 Å². The highest BCUT2D eigenvalue weighted by Gasteiger charge is 1.98. The molecule has 0 saturated carbocycles. The maximum Gasteiger partial charge on any atom is 0.132 e. The highest BCUT2D eigenvalue weighted by atomic mass is 15.0. The third-order valence-corrected chi connectivity index (χ3v) is 1.47. The summed E-state index contributed by atoms with van der Waals surface area (Å²) in [6, 6.07) is 0. The molecule has 0 aromatic carbocycles. The molecule has 0 saturated heterocycles. The molecule has 0 aliphatic rings. The Kier molecular flexibility index (Phi) is 6.02. The molecule has 0 N–H and O–H groups in total. The first-order valence-corrected chi connectivity index (χ1v) is 4.96. The normalized spacial score (nSPS) is 9.00. The Bertz CT molecular complexity index is 224. The lowest BCUT2D eigenvalue weighted by Gasteiger charge is -1.99. The molecule has 0 aliphatic heterocycles. The summed E-state index contributed by atoms with van der Waals surface area (Å²) in [5.74, 6) is 2.62. The molecule has 0 atom stereocenters. The zero-order valence-corrected chi connectivity index (χ0v) is 9.26. The maximum absolute atomic E-state index is 4.25. The van der Waals surface area contributed by atoms with Crippen molar-refractivity contribution >= 4 is 0 Å². The number of hydrogen-bond acceptors (Lipinski definition) is 3. The molecular weight excluding hydrogens is 162 g/mol. The second-order valence-corrected chi connectivity index (χ2v) is 2.42. The van der Waals surface area contributed by atoms with E-state index in [0.29, 0.717) is 0 Å². The monoisotopic (exact) mass is 181 g/mol. The summed E-state index contributed by atoms with van der Waals surface area (Å²) in [6.45, 7) is 10.0. The molecule has 0 amide bonds. The van der Waals surface area contributed by atoms with Crippen LogP contribution in [-0.4, -0.2) is 15.0 Å². The first kappa shape index (κ1) is 12.0. The largest absolute Gasteiger partial charge is 0.218 e. The van der Waals surface area contributed by atoms with Crippen molar-refractivity contribution in [2.75, 3.05) is 0 Å². The van der Waals surface area contributed by atoms with Crippen molar-refractivity contribution in [3.8, 4) is 0 Å². The van der Waals surface area contributed by atoms with Crippen LogP contribution in [0, 0.1) is 6.92 Å². The summed E-state index contributed by atoms with van der Waals surface area (Å²) in [6.07, 6.45) is 1.77. The van der Waals surface area contributed by atoms with Crippen LogP contribution in [0.15, 0.2) is 0 Å². The van der Waals surface area contributed by atoms with E-state index in [1.807, 2.05) is 34.6 Å². The fourth-order valence-corrected chi connectivity index (χ4v) is 0.914. The maximum atomic E-state index is 4.25. The lowest BCUT2D eigenvalue weighted by molar-refractivity contribution is 0.798. The molecule has 1 heterocycles. The lowest BCUT2D eigenvalue weighted by atomic mass is 10.4. The summed E-state index contributed by atoms with van der Waals surface area (Å²) in [5.41, 5.74) is 0. The van der Waals surface area contributed by atoms with E-state index >= 15 is 0 Å². The van der Waals surface area contributed by atoms with Gasteiger partial charge < -0.3 is 0 Å². The lowest BCUT2D eigenvalue weighted by Crippen LogP contribution is -2.03. The van der Waals surface area contributed by atoms with Gasteiger partial charge in [0.05, 0.1) is 0 Å². The van der Waals surface area contributed by atoms with Gasteiger partial charge in [0.25, 0.3) is 0 Å². The molecule has 0 bridgehead atoms. The summed E-state index contributed by atoms with van der Waals surface area (Å²) in [7, 11) is 0. The first-order chi connectivity index (χ1) is 6.26. The van der Waals surface area contributed by atoms with Crippen LogP contribution in [0.25, 0.3) is 0 Å². The van der Waals surface area contributed by atoms with E-state index in [9.17, 15) is 0 Å². The first-order valence-electron chi connectivity index (χ1n) is 4.96. The average molecular weight is 181 g/mol. The van der Waals surface area contributed by atoms with Gasteiger partial charge in [-0.25, -0.2) is 15.0 Å². The fourth-order valence-electron chi connectivity index (χ4n) is 0.914. The highest BCUT2D eigenvalue weighted by Crippen LogP contribution is 1.96. The van der Waals surface area contributed by atoms with Gasteiger partial charge in [-0.3, -0.25) is 0 Å². The van der Waals surface area contributed by atoms with Crippen LogP contribution in [-0.2, 0) is 12.8 Å². The SMILES string of the molecule is CC.CCc1nc(C)nc(CC)n1. The van der Waals surface area contributed by atoms with E-state index in [0.717, 1.165) is 30.3 Å². The van der Waals surface area contributed by atoms with Crippen LogP contribution >= 0.6 is 0 Å². The van der Waals surface area contributed by atoms with Crippen molar-refractivity contribution in [3.63, 3.8) is 0 Å². The molecule has 13 heavy (non-hydrogen) atoms. The van der Waals surface area contributed by atoms with E-state index in [1.165, 1.54) is 0 Å². The van der Waals surface area contributed by atoms with Crippen molar-refractivity contribution in [1.29, 1.82) is 0 Å². The molecule has 1 aromatic heterocycles. The number of hydrogen-bond donors (Lipinski definition) is 0. The Labute approximate surface area is 80.7 Å². The van der Waals surface area contributed by atoms with Crippen LogP contribution in [0.4, 0.5) is 0 Å². The molecule has 0 radical (unpaired) electrons. The van der Waals surface area contributed by atoms with Crippen LogP contribution in [0.2, 0.25) is 0 Å². The zero-order valence-electron chi connectivity index (χ0n) is 9.26. The molecule has 74 valence electrons. The smallest absolute Gasteiger partial charge is 0.132 e. The van der Waals surface area contributed by atoms with Gasteiger partial charge in [-0.15, -0.1) is 0 Å². The summed E-state index contributed by atoms with van der Waals surface area (Å²) in [5, 5.41) is 0. The van der Waals surface area contributed by atoms with Crippen LogP contribution < -0.4 is 0 Å². The number of aryl methyl sites for hydroxylation is 3. The van der Waals surface area contributed by atoms with E-state index in [-0.39, 0.29) is 0 Å². The van der Waals surface area contributed by atoms with Crippen LogP contribution in [0.1, 0.15) is 45.2 Å². The van der Waals surface area contributed by atoms with Crippen molar-refractivity contribution < 1.29 is 0 Å². The standard InChI is InChI=1S/C8H13N3.C2H6/c1-4-7-9-6(3)10-8(5-2)11-7;1-2/h4-5H2,1-3H3;1-2H3. The minimum atomic E-state index is 0.828. The fraction of sp³-hybridized carbons (Fsp3) is 0.700. The van der Waals surface area contributed by atoms with E-state index in [2.05, 4.69) is 15.0 Å². The Morgan fingerprint density at radius 1 is 0.846 bits per heavy atom. The Morgan fingerprint density at radius 2 is 1.23 bits per heavy atom. The molecule has 1 rings (SSSR count). The molecular formula is C10H19N3. The van der Waals surface area contributed by atoms with Gasteiger partial charge in [0.2, 0.25) is 0 Å². The molecule has 0 fully saturated rings. The predicted octanol–water partition coefficient (Wildman–Crippen LogP) is 2.33. The van der Waals surface area contributed by atoms with Gasteiger partial charge in [0.15, 0.2) is 0 Å². The zero-order chi connectivity index (χ0) is 10.3. The minimum absolute atomic E-state index is 0.828. The Balaban J connectivity index is 0.000000671. The van der Waals surface area contributed by atoms with E-state index in [1.54, 1.807) is 0 Å². The van der Waals surface area contributed by atoms with Crippen molar-refractivity contribution in [3.05, 3.63) is 17.5 Å². The van der Waals surface area contributed by atoms with Crippen molar-refractivity contribution in [2.24, 2.45) is 0 Å². The van der Waals surface area contributed by atoms with Crippen LogP contribution in [0.3, 0.4) is 0 Å². The summed E-state index contributed by atoms with van der Waals surface area (Å²) >= 11 is 0.